The first kappa shape index (κ1) is 25.3. The van der Waals surface area contributed by atoms with Crippen molar-refractivity contribution in [3.05, 3.63) is 66.7 Å². The summed E-state index contributed by atoms with van der Waals surface area (Å²) in [5, 5.41) is 10.7. The second-order valence-corrected chi connectivity index (χ2v) is 12.3. The molecule has 0 unspecified atom stereocenters. The third kappa shape index (κ3) is 5.07. The van der Waals surface area contributed by atoms with Crippen molar-refractivity contribution in [1.82, 2.24) is 15.6 Å². The van der Waals surface area contributed by atoms with Crippen LogP contribution in [0.25, 0.3) is 11.0 Å². The fourth-order valence-corrected chi connectivity index (χ4v) is 6.75. The quantitative estimate of drug-likeness (QED) is 0.325. The van der Waals surface area contributed by atoms with E-state index in [2.05, 4.69) is 29.9 Å². The van der Waals surface area contributed by atoms with Crippen LogP contribution in [0.5, 0.6) is 0 Å². The number of benzene rings is 3. The van der Waals surface area contributed by atoms with E-state index in [0.717, 1.165) is 31.7 Å². The summed E-state index contributed by atoms with van der Waals surface area (Å²) in [6.45, 7) is 3.09. The van der Waals surface area contributed by atoms with Gasteiger partial charge in [0.2, 0.25) is 0 Å². The molecule has 1 aliphatic rings. The molecule has 37 heavy (non-hydrogen) atoms. The first-order chi connectivity index (χ1) is 17.8. The van der Waals surface area contributed by atoms with Gasteiger partial charge < -0.3 is 10.2 Å². The van der Waals surface area contributed by atoms with Gasteiger partial charge in [-0.05, 0) is 65.7 Å². The van der Waals surface area contributed by atoms with E-state index in [1.807, 2.05) is 0 Å². The molecule has 14 heteroatoms. The molecule has 194 valence electrons. The highest BCUT2D eigenvalue weighted by atomic mass is 35.5. The number of nitrogens with zero attached hydrogens (tertiary/aromatic N) is 4. The van der Waals surface area contributed by atoms with Gasteiger partial charge in [0.1, 0.15) is 10.4 Å². The summed E-state index contributed by atoms with van der Waals surface area (Å²) in [6, 6.07) is 16.9. The average Bonchev–Trinajstić information content (AvgIpc) is 3.22. The van der Waals surface area contributed by atoms with Gasteiger partial charge in [-0.3, -0.25) is 4.72 Å². The zero-order valence-electron chi connectivity index (χ0n) is 19.4. The number of fused-ring (bicyclic) bond motifs is 1. The minimum Gasteiger partial charge on any atom is -0.370 e. The van der Waals surface area contributed by atoms with Crippen molar-refractivity contribution in [2.24, 2.45) is 0 Å². The van der Waals surface area contributed by atoms with Gasteiger partial charge in [0.15, 0.2) is 5.52 Å². The van der Waals surface area contributed by atoms with Gasteiger partial charge in [-0.2, -0.15) is 12.2 Å². The average molecular weight is 563 g/mol. The Morgan fingerprint density at radius 3 is 2.57 bits per heavy atom. The van der Waals surface area contributed by atoms with Gasteiger partial charge in [0, 0.05) is 37.1 Å². The predicted octanol–water partition coefficient (Wildman–Crippen LogP) is 3.17. The maximum atomic E-state index is 13.6. The Bertz CT molecular complexity index is 1620. The van der Waals surface area contributed by atoms with E-state index in [1.54, 1.807) is 36.4 Å². The maximum Gasteiger partial charge on any atom is 0.280 e. The normalized spacial score (nSPS) is 14.9. The number of nitrogens with one attached hydrogen (secondary N) is 2. The smallest absolute Gasteiger partial charge is 0.280 e. The first-order valence-electron chi connectivity index (χ1n) is 11.4. The number of hydrogen-bond acceptors (Lipinski definition) is 9. The van der Waals surface area contributed by atoms with E-state index in [-0.39, 0.29) is 32.2 Å². The van der Waals surface area contributed by atoms with Gasteiger partial charge in [-0.1, -0.05) is 24.3 Å². The molecule has 2 N–H and O–H groups in total. The van der Waals surface area contributed by atoms with Gasteiger partial charge >= 0.3 is 0 Å². The van der Waals surface area contributed by atoms with Crippen molar-refractivity contribution in [2.75, 3.05) is 39.6 Å². The van der Waals surface area contributed by atoms with Crippen LogP contribution in [0.3, 0.4) is 0 Å². The molecule has 0 radical (unpaired) electrons. The molecular formula is C23H23ClN6O5S2. The van der Waals surface area contributed by atoms with Crippen molar-refractivity contribution in [3.63, 3.8) is 0 Å². The molecule has 1 aromatic heterocycles. The lowest BCUT2D eigenvalue weighted by Gasteiger charge is -2.26. The zero-order chi connectivity index (χ0) is 26.0. The Morgan fingerprint density at radius 1 is 0.946 bits per heavy atom. The lowest BCUT2D eigenvalue weighted by molar-refractivity contribution is 0.315. The topological polar surface area (TPSA) is 138 Å². The van der Waals surface area contributed by atoms with Crippen molar-refractivity contribution in [3.8, 4) is 0 Å². The van der Waals surface area contributed by atoms with E-state index < -0.39 is 20.0 Å². The van der Waals surface area contributed by atoms with Crippen LogP contribution in [-0.4, -0.2) is 53.3 Å². The van der Waals surface area contributed by atoms with Crippen LogP contribution >= 0.6 is 11.8 Å². The molecule has 0 bridgehead atoms. The Kier molecular flexibility index (Phi) is 6.94. The largest absolute Gasteiger partial charge is 0.370 e. The monoisotopic (exact) mass is 562 g/mol. The predicted molar refractivity (Wildman–Crippen MR) is 141 cm³/mol. The van der Waals surface area contributed by atoms with Crippen molar-refractivity contribution >= 4 is 59.9 Å². The second kappa shape index (κ2) is 10.2. The number of aromatic nitrogens is 2. The molecular weight excluding hydrogens is 540 g/mol. The van der Waals surface area contributed by atoms with Gasteiger partial charge in [0.25, 0.3) is 20.0 Å². The molecule has 0 atom stereocenters. The Balaban J connectivity index is 1.59. The van der Waals surface area contributed by atoms with Crippen LogP contribution in [-0.2, 0) is 20.0 Å². The number of halogens is 1. The SMILES string of the molecule is O=S(=O)(Nc1cc(N2CCCNCC2)ccc1N(Cl)S(=O)(=O)c1cccc2nonc12)c1ccccc1. The molecule has 1 aliphatic heterocycles. The lowest BCUT2D eigenvalue weighted by atomic mass is 10.2. The third-order valence-electron chi connectivity index (χ3n) is 5.91. The molecule has 0 amide bonds. The number of rotatable bonds is 7. The summed E-state index contributed by atoms with van der Waals surface area (Å²) in [4.78, 5) is 1.88. The summed E-state index contributed by atoms with van der Waals surface area (Å²) in [5.74, 6) is 0. The minimum atomic E-state index is -4.40. The van der Waals surface area contributed by atoms with E-state index in [0.29, 0.717) is 10.4 Å². The maximum absolute atomic E-state index is 13.6. The number of anilines is 3. The van der Waals surface area contributed by atoms with E-state index >= 15 is 0 Å². The third-order valence-corrected chi connectivity index (χ3v) is 9.52. The van der Waals surface area contributed by atoms with E-state index in [4.69, 9.17) is 11.8 Å². The first-order valence-corrected chi connectivity index (χ1v) is 14.6. The molecule has 2 heterocycles. The highest BCUT2D eigenvalue weighted by Gasteiger charge is 2.31. The highest BCUT2D eigenvalue weighted by Crippen LogP contribution is 2.38. The van der Waals surface area contributed by atoms with Crippen LogP contribution < -0.4 is 18.8 Å². The number of hydrogen-bond donors (Lipinski definition) is 2. The van der Waals surface area contributed by atoms with Gasteiger partial charge in [-0.15, -0.1) is 0 Å². The fraction of sp³-hybridized carbons (Fsp3) is 0.217. The Morgan fingerprint density at radius 2 is 1.76 bits per heavy atom. The van der Waals surface area contributed by atoms with Crippen LogP contribution in [0.1, 0.15) is 6.42 Å². The van der Waals surface area contributed by atoms with Gasteiger partial charge in [-0.25, -0.2) is 13.0 Å². The second-order valence-electron chi connectivity index (χ2n) is 8.32. The van der Waals surface area contributed by atoms with Crippen molar-refractivity contribution < 1.29 is 21.5 Å². The highest BCUT2D eigenvalue weighted by molar-refractivity contribution is 7.94. The molecule has 5 rings (SSSR count). The number of sulfonamides is 2. The summed E-state index contributed by atoms with van der Waals surface area (Å²) >= 11 is 6.45. The molecule has 0 saturated carbocycles. The Labute approximate surface area is 219 Å². The minimum absolute atomic E-state index is 0.00240. The lowest BCUT2D eigenvalue weighted by Crippen LogP contribution is -2.28. The fourth-order valence-electron chi connectivity index (χ4n) is 4.07. The summed E-state index contributed by atoms with van der Waals surface area (Å²) < 4.78 is 61.2. The van der Waals surface area contributed by atoms with Crippen molar-refractivity contribution in [2.45, 2.75) is 16.2 Å². The van der Waals surface area contributed by atoms with Crippen molar-refractivity contribution in [1.29, 1.82) is 0 Å². The molecule has 4 aromatic rings. The van der Waals surface area contributed by atoms with E-state index in [9.17, 15) is 16.8 Å². The zero-order valence-corrected chi connectivity index (χ0v) is 21.8. The summed E-state index contributed by atoms with van der Waals surface area (Å²) in [5.41, 5.74) is 0.895. The standard InChI is InChI=1S/C23H23ClN6O5S2/c24-30(37(33,34)22-9-4-8-19-23(22)27-35-26-19)21-11-10-17(29-14-5-12-25-13-15-29)16-20(21)28-36(31,32)18-6-2-1-3-7-18/h1-4,6-11,16,25,28H,5,12-15H2. The molecule has 3 aromatic carbocycles. The summed E-state index contributed by atoms with van der Waals surface area (Å²) in [6.07, 6.45) is 0.901. The molecule has 1 saturated heterocycles. The molecule has 1 fully saturated rings. The summed E-state index contributed by atoms with van der Waals surface area (Å²) in [7, 11) is -8.46. The Hall–Kier alpha value is -3.39. The molecule has 0 aliphatic carbocycles. The van der Waals surface area contributed by atoms with Crippen LogP contribution in [0.15, 0.2) is 81.2 Å². The van der Waals surface area contributed by atoms with Crippen LogP contribution in [0.2, 0.25) is 0 Å². The molecule has 11 nitrogen and oxygen atoms in total. The van der Waals surface area contributed by atoms with Crippen LogP contribution in [0, 0.1) is 0 Å². The van der Waals surface area contributed by atoms with Crippen LogP contribution in [0.4, 0.5) is 17.1 Å². The van der Waals surface area contributed by atoms with E-state index in [1.165, 1.54) is 30.3 Å². The van der Waals surface area contributed by atoms with Gasteiger partial charge in [0.05, 0.1) is 16.3 Å². The molecule has 0 spiro atoms.